The predicted molar refractivity (Wildman–Crippen MR) is 143 cm³/mol. The molecule has 0 saturated carbocycles. The van der Waals surface area contributed by atoms with E-state index in [4.69, 9.17) is 4.74 Å². The van der Waals surface area contributed by atoms with Gasteiger partial charge in [-0.15, -0.1) is 0 Å². The summed E-state index contributed by atoms with van der Waals surface area (Å²) in [5, 5.41) is 3.03. The Morgan fingerprint density at radius 3 is 2.15 bits per heavy atom. The third kappa shape index (κ3) is 8.17. The standard InChI is InChI=1S/C28H31IN2O3/c1-2-3-18-30-28(33)26(19-22-10-6-4-7-11-22)31(20-23-12-8-5-9-13-23)27(32)21-34-25-16-14-24(29)15-17-25/h4-17,26H,2-3,18-21H2,1H3,(H,30,33)/t26-/m0/s1. The molecular formula is C28H31IN2O3. The minimum absolute atomic E-state index is 0.138. The van der Waals surface area contributed by atoms with E-state index >= 15 is 0 Å². The lowest BCUT2D eigenvalue weighted by atomic mass is 10.0. The van der Waals surface area contributed by atoms with Crippen molar-refractivity contribution < 1.29 is 14.3 Å². The Hall–Kier alpha value is -2.87. The molecule has 3 rings (SSSR count). The summed E-state index contributed by atoms with van der Waals surface area (Å²) < 4.78 is 6.89. The lowest BCUT2D eigenvalue weighted by Crippen LogP contribution is -2.51. The van der Waals surface area contributed by atoms with E-state index in [-0.39, 0.29) is 18.4 Å². The topological polar surface area (TPSA) is 58.6 Å². The van der Waals surface area contributed by atoms with Crippen LogP contribution in [0.2, 0.25) is 0 Å². The second-order valence-electron chi connectivity index (χ2n) is 8.10. The number of halogens is 1. The maximum atomic E-state index is 13.5. The molecule has 0 aromatic heterocycles. The van der Waals surface area contributed by atoms with Crippen LogP contribution in [0, 0.1) is 3.57 Å². The molecule has 1 atom stereocenters. The van der Waals surface area contributed by atoms with Crippen molar-refractivity contribution in [2.75, 3.05) is 13.2 Å². The number of unbranched alkanes of at least 4 members (excludes halogenated alkanes) is 1. The molecule has 6 heteroatoms. The van der Waals surface area contributed by atoms with Crippen molar-refractivity contribution in [1.29, 1.82) is 0 Å². The number of nitrogens with zero attached hydrogens (tertiary/aromatic N) is 1. The number of carbonyl (C=O) groups excluding carboxylic acids is 2. The highest BCUT2D eigenvalue weighted by Gasteiger charge is 2.30. The van der Waals surface area contributed by atoms with E-state index in [0.717, 1.165) is 27.5 Å². The number of benzene rings is 3. The SMILES string of the molecule is CCCCNC(=O)[C@H](Cc1ccccc1)N(Cc1ccccc1)C(=O)COc1ccc(I)cc1. The van der Waals surface area contributed by atoms with Gasteiger partial charge in [-0.1, -0.05) is 74.0 Å². The number of amides is 2. The van der Waals surface area contributed by atoms with Gasteiger partial charge in [0, 0.05) is 23.1 Å². The molecule has 0 aliphatic carbocycles. The van der Waals surface area contributed by atoms with Gasteiger partial charge in [0.25, 0.3) is 5.91 Å². The molecule has 0 bridgehead atoms. The molecule has 178 valence electrons. The first-order valence-electron chi connectivity index (χ1n) is 11.6. The number of rotatable bonds is 12. The number of ether oxygens (including phenoxy) is 1. The molecule has 1 N–H and O–H groups in total. The second-order valence-corrected chi connectivity index (χ2v) is 9.35. The van der Waals surface area contributed by atoms with E-state index in [0.29, 0.717) is 25.3 Å². The Morgan fingerprint density at radius 2 is 1.53 bits per heavy atom. The summed E-state index contributed by atoms with van der Waals surface area (Å²) >= 11 is 2.23. The lowest BCUT2D eigenvalue weighted by Gasteiger charge is -2.31. The van der Waals surface area contributed by atoms with Crippen LogP contribution >= 0.6 is 22.6 Å². The fourth-order valence-corrected chi connectivity index (χ4v) is 3.96. The predicted octanol–water partition coefficient (Wildman–Crippen LogP) is 5.23. The quantitative estimate of drug-likeness (QED) is 0.240. The Bertz CT molecular complexity index is 1030. The highest BCUT2D eigenvalue weighted by molar-refractivity contribution is 14.1. The molecule has 5 nitrogen and oxygen atoms in total. The molecule has 0 saturated heterocycles. The lowest BCUT2D eigenvalue weighted by molar-refractivity contribution is -0.142. The first-order valence-corrected chi connectivity index (χ1v) is 12.7. The van der Waals surface area contributed by atoms with Gasteiger partial charge in [0.1, 0.15) is 11.8 Å². The number of carbonyl (C=O) groups is 2. The monoisotopic (exact) mass is 570 g/mol. The molecule has 0 fully saturated rings. The van der Waals surface area contributed by atoms with Gasteiger partial charge in [0.2, 0.25) is 5.91 Å². The summed E-state index contributed by atoms with van der Waals surface area (Å²) in [5.41, 5.74) is 1.96. The van der Waals surface area contributed by atoms with Crippen molar-refractivity contribution in [1.82, 2.24) is 10.2 Å². The molecule has 0 unspecified atom stereocenters. The summed E-state index contributed by atoms with van der Waals surface area (Å²) in [6.07, 6.45) is 2.31. The van der Waals surface area contributed by atoms with E-state index in [1.54, 1.807) is 4.90 Å². The molecule has 3 aromatic rings. The Labute approximate surface area is 215 Å². The van der Waals surface area contributed by atoms with Crippen molar-refractivity contribution in [2.24, 2.45) is 0 Å². The van der Waals surface area contributed by atoms with Crippen LogP contribution in [0.15, 0.2) is 84.9 Å². The Morgan fingerprint density at radius 1 is 0.912 bits per heavy atom. The van der Waals surface area contributed by atoms with Crippen molar-refractivity contribution >= 4 is 34.4 Å². The van der Waals surface area contributed by atoms with E-state index in [1.165, 1.54) is 0 Å². The minimum Gasteiger partial charge on any atom is -0.484 e. The zero-order chi connectivity index (χ0) is 24.2. The highest BCUT2D eigenvalue weighted by Crippen LogP contribution is 2.17. The average molecular weight is 570 g/mol. The third-order valence-electron chi connectivity index (χ3n) is 5.47. The molecule has 0 aliphatic rings. The fraction of sp³-hybridized carbons (Fsp3) is 0.286. The normalized spacial score (nSPS) is 11.5. The van der Waals surface area contributed by atoms with Gasteiger partial charge in [-0.25, -0.2) is 0 Å². The fourth-order valence-electron chi connectivity index (χ4n) is 3.60. The van der Waals surface area contributed by atoms with Crippen molar-refractivity contribution in [3.8, 4) is 5.75 Å². The van der Waals surface area contributed by atoms with Crippen LogP contribution in [0.3, 0.4) is 0 Å². The van der Waals surface area contributed by atoms with Gasteiger partial charge in [-0.05, 0) is 64.4 Å². The first kappa shape index (κ1) is 25.7. The van der Waals surface area contributed by atoms with Crippen molar-refractivity contribution in [3.63, 3.8) is 0 Å². The number of hydrogen-bond acceptors (Lipinski definition) is 3. The Kier molecular flexibility index (Phi) is 10.4. The van der Waals surface area contributed by atoms with Gasteiger partial charge in [0.05, 0.1) is 0 Å². The van der Waals surface area contributed by atoms with E-state index in [1.807, 2.05) is 84.9 Å². The molecule has 0 radical (unpaired) electrons. The molecule has 0 aliphatic heterocycles. The summed E-state index contributed by atoms with van der Waals surface area (Å²) in [6, 6.07) is 26.5. The zero-order valence-corrected chi connectivity index (χ0v) is 21.6. The van der Waals surface area contributed by atoms with Gasteiger partial charge in [0.15, 0.2) is 6.61 Å². The number of hydrogen-bond donors (Lipinski definition) is 1. The minimum atomic E-state index is -0.646. The largest absolute Gasteiger partial charge is 0.484 e. The molecule has 3 aromatic carbocycles. The summed E-state index contributed by atoms with van der Waals surface area (Å²) in [7, 11) is 0. The highest BCUT2D eigenvalue weighted by atomic mass is 127. The van der Waals surface area contributed by atoms with Crippen LogP contribution < -0.4 is 10.1 Å². The summed E-state index contributed by atoms with van der Waals surface area (Å²) in [4.78, 5) is 28.4. The van der Waals surface area contributed by atoms with Crippen molar-refractivity contribution in [3.05, 3.63) is 99.6 Å². The van der Waals surface area contributed by atoms with Crippen molar-refractivity contribution in [2.45, 2.75) is 38.8 Å². The van der Waals surface area contributed by atoms with E-state index in [2.05, 4.69) is 34.8 Å². The van der Waals surface area contributed by atoms with Gasteiger partial charge < -0.3 is 15.0 Å². The smallest absolute Gasteiger partial charge is 0.261 e. The summed E-state index contributed by atoms with van der Waals surface area (Å²) in [6.45, 7) is 2.86. The number of nitrogens with one attached hydrogen (secondary N) is 1. The zero-order valence-electron chi connectivity index (χ0n) is 19.5. The van der Waals surface area contributed by atoms with Crippen LogP contribution in [0.1, 0.15) is 30.9 Å². The van der Waals surface area contributed by atoms with Crippen LogP contribution in [-0.2, 0) is 22.6 Å². The maximum Gasteiger partial charge on any atom is 0.261 e. The van der Waals surface area contributed by atoms with Crippen LogP contribution in [0.25, 0.3) is 0 Å². The first-order chi connectivity index (χ1) is 16.6. The van der Waals surface area contributed by atoms with Gasteiger partial charge in [-0.3, -0.25) is 9.59 Å². The Balaban J connectivity index is 1.85. The van der Waals surface area contributed by atoms with Crippen LogP contribution in [0.4, 0.5) is 0 Å². The second kappa shape index (κ2) is 13.7. The summed E-state index contributed by atoms with van der Waals surface area (Å²) in [5.74, 6) is 0.255. The van der Waals surface area contributed by atoms with Gasteiger partial charge >= 0.3 is 0 Å². The molecular weight excluding hydrogens is 539 g/mol. The molecule has 0 spiro atoms. The molecule has 34 heavy (non-hydrogen) atoms. The third-order valence-corrected chi connectivity index (χ3v) is 6.19. The average Bonchev–Trinajstić information content (AvgIpc) is 2.87. The van der Waals surface area contributed by atoms with Crippen LogP contribution in [0.5, 0.6) is 5.75 Å². The van der Waals surface area contributed by atoms with Gasteiger partial charge in [-0.2, -0.15) is 0 Å². The molecule has 0 heterocycles. The van der Waals surface area contributed by atoms with E-state index < -0.39 is 6.04 Å². The maximum absolute atomic E-state index is 13.5. The molecule has 2 amide bonds. The van der Waals surface area contributed by atoms with E-state index in [9.17, 15) is 9.59 Å². The van der Waals surface area contributed by atoms with Crippen LogP contribution in [-0.4, -0.2) is 35.9 Å².